The maximum atomic E-state index is 12.0. The van der Waals surface area contributed by atoms with Crippen molar-refractivity contribution in [2.24, 2.45) is 5.73 Å². The number of carbonyl (C=O) groups excluding carboxylic acids is 2. The van der Waals surface area contributed by atoms with Gasteiger partial charge < -0.3 is 11.1 Å². The molecule has 0 unspecified atom stereocenters. The van der Waals surface area contributed by atoms with E-state index in [1.54, 1.807) is 0 Å². The standard InChI is InChI=1S/C16H26N4O2.ClH/c1-16(2,3)19-15(22)18-14(21)12-20(10-9-17)11-13-7-5-4-6-8-13;/h4-8H,9-12,17H2,1-3H3,(H2,18,19,21,22);1H. The molecule has 7 heteroatoms. The number of halogens is 1. The topological polar surface area (TPSA) is 87.5 Å². The number of urea groups is 1. The predicted octanol–water partition coefficient (Wildman–Crippen LogP) is 1.49. The number of benzene rings is 1. The maximum Gasteiger partial charge on any atom is 0.321 e. The van der Waals surface area contributed by atoms with Gasteiger partial charge in [-0.2, -0.15) is 0 Å². The lowest BCUT2D eigenvalue weighted by Crippen LogP contribution is -2.50. The van der Waals surface area contributed by atoms with Crippen molar-refractivity contribution in [3.05, 3.63) is 35.9 Å². The highest BCUT2D eigenvalue weighted by Crippen LogP contribution is 2.03. The monoisotopic (exact) mass is 342 g/mol. The van der Waals surface area contributed by atoms with Crippen LogP contribution in [0.5, 0.6) is 0 Å². The maximum absolute atomic E-state index is 12.0. The van der Waals surface area contributed by atoms with Gasteiger partial charge >= 0.3 is 6.03 Å². The molecule has 0 saturated carbocycles. The SMILES string of the molecule is CC(C)(C)NC(=O)NC(=O)CN(CCN)Cc1ccccc1.Cl. The lowest BCUT2D eigenvalue weighted by atomic mass is 10.1. The van der Waals surface area contributed by atoms with E-state index >= 15 is 0 Å². The van der Waals surface area contributed by atoms with Gasteiger partial charge in [-0.25, -0.2) is 4.79 Å². The van der Waals surface area contributed by atoms with Crippen molar-refractivity contribution in [2.75, 3.05) is 19.6 Å². The van der Waals surface area contributed by atoms with Gasteiger partial charge in [-0.05, 0) is 26.3 Å². The number of rotatable bonds is 6. The van der Waals surface area contributed by atoms with Crippen molar-refractivity contribution in [3.63, 3.8) is 0 Å². The van der Waals surface area contributed by atoms with E-state index < -0.39 is 6.03 Å². The fourth-order valence-electron chi connectivity index (χ4n) is 1.98. The van der Waals surface area contributed by atoms with Crippen LogP contribution in [0.15, 0.2) is 30.3 Å². The quantitative estimate of drug-likeness (QED) is 0.731. The Morgan fingerprint density at radius 3 is 2.30 bits per heavy atom. The molecule has 1 aromatic rings. The number of hydrogen-bond acceptors (Lipinski definition) is 4. The van der Waals surface area contributed by atoms with E-state index in [0.717, 1.165) is 5.56 Å². The van der Waals surface area contributed by atoms with Crippen LogP contribution in [-0.4, -0.2) is 42.0 Å². The number of imide groups is 1. The van der Waals surface area contributed by atoms with Crippen molar-refractivity contribution in [1.29, 1.82) is 0 Å². The molecule has 0 heterocycles. The Morgan fingerprint density at radius 2 is 1.78 bits per heavy atom. The molecule has 1 aromatic carbocycles. The number of carbonyl (C=O) groups is 2. The molecule has 0 aromatic heterocycles. The summed E-state index contributed by atoms with van der Waals surface area (Å²) < 4.78 is 0. The van der Waals surface area contributed by atoms with Crippen molar-refractivity contribution in [3.8, 4) is 0 Å². The Balaban J connectivity index is 0.00000484. The first-order valence-corrected chi connectivity index (χ1v) is 7.38. The highest BCUT2D eigenvalue weighted by molar-refractivity contribution is 5.95. The van der Waals surface area contributed by atoms with Crippen molar-refractivity contribution < 1.29 is 9.59 Å². The van der Waals surface area contributed by atoms with Gasteiger partial charge in [0.2, 0.25) is 5.91 Å². The van der Waals surface area contributed by atoms with Crippen LogP contribution in [0.2, 0.25) is 0 Å². The van der Waals surface area contributed by atoms with E-state index in [0.29, 0.717) is 19.6 Å². The van der Waals surface area contributed by atoms with E-state index in [2.05, 4.69) is 10.6 Å². The van der Waals surface area contributed by atoms with Crippen LogP contribution >= 0.6 is 12.4 Å². The van der Waals surface area contributed by atoms with E-state index in [4.69, 9.17) is 5.73 Å². The molecule has 0 aliphatic heterocycles. The molecule has 0 fully saturated rings. The van der Waals surface area contributed by atoms with Gasteiger partial charge in [-0.15, -0.1) is 12.4 Å². The second-order valence-electron chi connectivity index (χ2n) is 6.24. The summed E-state index contributed by atoms with van der Waals surface area (Å²) in [5.41, 5.74) is 6.31. The zero-order valence-electron chi connectivity index (χ0n) is 14.0. The van der Waals surface area contributed by atoms with Gasteiger partial charge in [0.05, 0.1) is 6.54 Å². The smallest absolute Gasteiger partial charge is 0.321 e. The number of nitrogens with zero attached hydrogens (tertiary/aromatic N) is 1. The number of nitrogens with one attached hydrogen (secondary N) is 2. The fraction of sp³-hybridized carbons (Fsp3) is 0.500. The third kappa shape index (κ3) is 9.89. The van der Waals surface area contributed by atoms with Gasteiger partial charge in [0.25, 0.3) is 0 Å². The molecular formula is C16H27ClN4O2. The second kappa shape index (κ2) is 10.2. The Labute approximate surface area is 144 Å². The normalized spacial score (nSPS) is 10.8. The number of amides is 3. The lowest BCUT2D eigenvalue weighted by molar-refractivity contribution is -0.121. The fourth-order valence-corrected chi connectivity index (χ4v) is 1.98. The van der Waals surface area contributed by atoms with Crippen molar-refractivity contribution in [1.82, 2.24) is 15.5 Å². The average molecular weight is 343 g/mol. The summed E-state index contributed by atoms with van der Waals surface area (Å²) in [6.45, 7) is 7.35. The first-order chi connectivity index (χ1) is 10.3. The minimum absolute atomic E-state index is 0. The van der Waals surface area contributed by atoms with E-state index in [1.807, 2.05) is 56.0 Å². The average Bonchev–Trinajstić information content (AvgIpc) is 2.37. The molecule has 23 heavy (non-hydrogen) atoms. The Hall–Kier alpha value is -1.63. The van der Waals surface area contributed by atoms with Crippen molar-refractivity contribution in [2.45, 2.75) is 32.9 Å². The lowest BCUT2D eigenvalue weighted by Gasteiger charge is -2.23. The molecule has 4 N–H and O–H groups in total. The Morgan fingerprint density at radius 1 is 1.17 bits per heavy atom. The summed E-state index contributed by atoms with van der Waals surface area (Å²) in [4.78, 5) is 25.6. The first kappa shape index (κ1) is 21.4. The molecule has 6 nitrogen and oxygen atoms in total. The van der Waals surface area contributed by atoms with Gasteiger partial charge in [-0.1, -0.05) is 30.3 Å². The molecule has 0 aliphatic carbocycles. The minimum Gasteiger partial charge on any atom is -0.333 e. The minimum atomic E-state index is -0.482. The van der Waals surface area contributed by atoms with Crippen LogP contribution in [-0.2, 0) is 11.3 Å². The van der Waals surface area contributed by atoms with Crippen LogP contribution in [0, 0.1) is 0 Å². The molecule has 0 radical (unpaired) electrons. The number of hydrogen-bond donors (Lipinski definition) is 3. The van der Waals surface area contributed by atoms with Crippen LogP contribution in [0.4, 0.5) is 4.79 Å². The molecule has 130 valence electrons. The summed E-state index contributed by atoms with van der Waals surface area (Å²) >= 11 is 0. The van der Waals surface area contributed by atoms with Gasteiger partial charge in [0, 0.05) is 25.2 Å². The van der Waals surface area contributed by atoms with Gasteiger partial charge in [-0.3, -0.25) is 15.0 Å². The summed E-state index contributed by atoms with van der Waals surface area (Å²) in [6.07, 6.45) is 0. The van der Waals surface area contributed by atoms with Gasteiger partial charge in [0.1, 0.15) is 0 Å². The largest absolute Gasteiger partial charge is 0.333 e. The molecule has 1 rings (SSSR count). The first-order valence-electron chi connectivity index (χ1n) is 7.38. The zero-order chi connectivity index (χ0) is 16.6. The Kier molecular flexibility index (Phi) is 9.48. The summed E-state index contributed by atoms with van der Waals surface area (Å²) in [6, 6.07) is 9.35. The molecular weight excluding hydrogens is 316 g/mol. The second-order valence-corrected chi connectivity index (χ2v) is 6.24. The zero-order valence-corrected chi connectivity index (χ0v) is 14.8. The number of nitrogens with two attached hydrogens (primary N) is 1. The summed E-state index contributed by atoms with van der Waals surface area (Å²) in [5.74, 6) is -0.342. The van der Waals surface area contributed by atoms with E-state index in [9.17, 15) is 9.59 Å². The molecule has 0 spiro atoms. The van der Waals surface area contributed by atoms with Crippen LogP contribution < -0.4 is 16.4 Å². The Bertz CT molecular complexity index is 489. The molecule has 0 saturated heterocycles. The van der Waals surface area contributed by atoms with Crippen LogP contribution in [0.25, 0.3) is 0 Å². The van der Waals surface area contributed by atoms with Gasteiger partial charge in [0.15, 0.2) is 0 Å². The predicted molar refractivity (Wildman–Crippen MR) is 94.4 cm³/mol. The summed E-state index contributed by atoms with van der Waals surface area (Å²) in [5, 5.41) is 5.03. The third-order valence-corrected chi connectivity index (χ3v) is 2.80. The molecule has 0 atom stereocenters. The van der Waals surface area contributed by atoms with Crippen LogP contribution in [0.1, 0.15) is 26.3 Å². The highest BCUT2D eigenvalue weighted by Gasteiger charge is 2.17. The van der Waals surface area contributed by atoms with Crippen LogP contribution in [0.3, 0.4) is 0 Å². The molecule has 0 aliphatic rings. The third-order valence-electron chi connectivity index (χ3n) is 2.80. The molecule has 0 bridgehead atoms. The summed E-state index contributed by atoms with van der Waals surface area (Å²) in [7, 11) is 0. The van der Waals surface area contributed by atoms with E-state index in [1.165, 1.54) is 0 Å². The molecule has 3 amide bonds. The van der Waals surface area contributed by atoms with Crippen molar-refractivity contribution >= 4 is 24.3 Å². The van der Waals surface area contributed by atoms with E-state index in [-0.39, 0.29) is 30.4 Å². The highest BCUT2D eigenvalue weighted by atomic mass is 35.5.